The fraction of sp³-hybridized carbons (Fsp3) is 0.217. The van der Waals surface area contributed by atoms with Gasteiger partial charge in [0.1, 0.15) is 17.8 Å². The Balaban J connectivity index is 1.82. The molecule has 0 spiro atoms. The normalized spacial score (nSPS) is 10.7. The van der Waals surface area contributed by atoms with Gasteiger partial charge in [-0.2, -0.15) is 0 Å². The summed E-state index contributed by atoms with van der Waals surface area (Å²) in [6.07, 6.45) is 1.36. The maximum absolute atomic E-state index is 12.6. The van der Waals surface area contributed by atoms with Crippen LogP contribution in [0.4, 0.5) is 17.2 Å². The number of aromatic nitrogens is 2. The number of anilines is 3. The van der Waals surface area contributed by atoms with Gasteiger partial charge in [0, 0.05) is 23.0 Å². The molecule has 0 aliphatic rings. The van der Waals surface area contributed by atoms with Crippen molar-refractivity contribution in [2.24, 2.45) is 0 Å². The van der Waals surface area contributed by atoms with Crippen molar-refractivity contribution in [3.8, 4) is 0 Å². The molecule has 0 bridgehead atoms. The van der Waals surface area contributed by atoms with Crippen LogP contribution >= 0.6 is 0 Å². The van der Waals surface area contributed by atoms with E-state index in [0.717, 1.165) is 11.3 Å². The fourth-order valence-corrected chi connectivity index (χ4v) is 3.03. The molecule has 0 aliphatic carbocycles. The van der Waals surface area contributed by atoms with Gasteiger partial charge >= 0.3 is 0 Å². The Morgan fingerprint density at radius 1 is 1.00 bits per heavy atom. The number of carbonyl (C=O) groups excluding carboxylic acids is 2. The van der Waals surface area contributed by atoms with Crippen molar-refractivity contribution < 1.29 is 9.59 Å². The molecule has 2 aromatic carbocycles. The summed E-state index contributed by atoms with van der Waals surface area (Å²) in [5, 5.41) is 6.11. The average Bonchev–Trinajstić information content (AvgIpc) is 2.69. The number of nitrogens with zero attached hydrogens (tertiary/aromatic N) is 2. The minimum atomic E-state index is -0.370. The van der Waals surface area contributed by atoms with Crippen LogP contribution in [0.2, 0.25) is 0 Å². The van der Waals surface area contributed by atoms with Gasteiger partial charge in [-0.25, -0.2) is 9.97 Å². The molecule has 1 amide bonds. The lowest BCUT2D eigenvalue weighted by Gasteiger charge is -2.17. The number of benzene rings is 2. The zero-order valence-electron chi connectivity index (χ0n) is 17.0. The molecular formula is C23H24N4O2. The van der Waals surface area contributed by atoms with Crippen molar-refractivity contribution in [1.82, 2.24) is 9.97 Å². The predicted molar refractivity (Wildman–Crippen MR) is 115 cm³/mol. The zero-order valence-corrected chi connectivity index (χ0v) is 17.0. The quantitative estimate of drug-likeness (QED) is 0.574. The van der Waals surface area contributed by atoms with E-state index in [9.17, 15) is 9.59 Å². The van der Waals surface area contributed by atoms with Crippen molar-refractivity contribution >= 4 is 28.9 Å². The number of hydrogen-bond donors (Lipinski definition) is 2. The van der Waals surface area contributed by atoms with Crippen molar-refractivity contribution in [3.63, 3.8) is 0 Å². The second kappa shape index (κ2) is 8.65. The lowest BCUT2D eigenvalue weighted by molar-refractivity contribution is 0.100. The van der Waals surface area contributed by atoms with Gasteiger partial charge in [0.25, 0.3) is 5.91 Å². The Labute approximate surface area is 170 Å². The summed E-state index contributed by atoms with van der Waals surface area (Å²) in [5.74, 6) is 0.452. The number of aryl methyl sites for hydroxylation is 1. The standard InChI is InChI=1S/C23H24N4O2/c1-14(2)19-10-5-7-15(3)22(19)27-21-12-20(24-13-25-21)23(29)26-18-9-6-8-17(11-18)16(4)28/h5-14H,1-4H3,(H,26,29)(H,24,25,27). The monoisotopic (exact) mass is 388 g/mol. The number of rotatable bonds is 6. The number of carbonyl (C=O) groups is 2. The smallest absolute Gasteiger partial charge is 0.274 e. The van der Waals surface area contributed by atoms with Crippen LogP contribution in [-0.4, -0.2) is 21.7 Å². The Bertz CT molecular complexity index is 1060. The Kier molecular flexibility index (Phi) is 6.02. The summed E-state index contributed by atoms with van der Waals surface area (Å²) < 4.78 is 0. The van der Waals surface area contributed by atoms with Crippen LogP contribution in [0.25, 0.3) is 0 Å². The van der Waals surface area contributed by atoms with Crippen molar-refractivity contribution in [1.29, 1.82) is 0 Å². The third kappa shape index (κ3) is 4.85. The first kappa shape index (κ1) is 20.2. The van der Waals surface area contributed by atoms with Crippen molar-refractivity contribution in [3.05, 3.63) is 77.2 Å². The molecule has 1 aromatic heterocycles. The summed E-state index contributed by atoms with van der Waals surface area (Å²) in [6, 6.07) is 14.6. The molecule has 0 unspecified atom stereocenters. The van der Waals surface area contributed by atoms with Crippen LogP contribution in [0.3, 0.4) is 0 Å². The van der Waals surface area contributed by atoms with E-state index in [2.05, 4.69) is 40.5 Å². The van der Waals surface area contributed by atoms with Crippen LogP contribution in [-0.2, 0) is 0 Å². The molecule has 0 saturated heterocycles. The molecular weight excluding hydrogens is 364 g/mol. The first-order chi connectivity index (χ1) is 13.8. The Morgan fingerprint density at radius 2 is 1.76 bits per heavy atom. The number of para-hydroxylation sites is 1. The lowest BCUT2D eigenvalue weighted by atomic mass is 9.98. The first-order valence-corrected chi connectivity index (χ1v) is 9.46. The molecule has 1 heterocycles. The molecule has 3 rings (SSSR count). The minimum absolute atomic E-state index is 0.0613. The SMILES string of the molecule is CC(=O)c1cccc(NC(=O)c2cc(Nc3c(C)cccc3C(C)C)ncn2)c1. The first-order valence-electron chi connectivity index (χ1n) is 9.46. The van der Waals surface area contributed by atoms with Crippen molar-refractivity contribution in [2.45, 2.75) is 33.6 Å². The highest BCUT2D eigenvalue weighted by Gasteiger charge is 2.13. The lowest BCUT2D eigenvalue weighted by Crippen LogP contribution is -2.15. The summed E-state index contributed by atoms with van der Waals surface area (Å²) in [5.41, 5.74) is 4.57. The molecule has 2 N–H and O–H groups in total. The summed E-state index contributed by atoms with van der Waals surface area (Å²) in [6.45, 7) is 7.78. The second-order valence-electron chi connectivity index (χ2n) is 7.20. The van der Waals surface area contributed by atoms with Crippen LogP contribution in [0.1, 0.15) is 58.7 Å². The molecule has 0 atom stereocenters. The summed E-state index contributed by atoms with van der Waals surface area (Å²) >= 11 is 0. The molecule has 29 heavy (non-hydrogen) atoms. The van der Waals surface area contributed by atoms with Gasteiger partial charge in [-0.3, -0.25) is 9.59 Å². The Hall–Kier alpha value is -3.54. The highest BCUT2D eigenvalue weighted by molar-refractivity contribution is 6.04. The van der Waals surface area contributed by atoms with Gasteiger partial charge in [0.2, 0.25) is 0 Å². The van der Waals surface area contributed by atoms with Gasteiger partial charge in [-0.05, 0) is 43.0 Å². The molecule has 0 radical (unpaired) electrons. The third-order valence-electron chi connectivity index (χ3n) is 4.61. The molecule has 0 fully saturated rings. The van der Waals surface area contributed by atoms with E-state index >= 15 is 0 Å². The Morgan fingerprint density at radius 3 is 2.48 bits per heavy atom. The fourth-order valence-electron chi connectivity index (χ4n) is 3.03. The topological polar surface area (TPSA) is 84.0 Å². The van der Waals surface area contributed by atoms with Crippen LogP contribution in [0.5, 0.6) is 0 Å². The predicted octanol–water partition coefficient (Wildman–Crippen LogP) is 5.11. The van der Waals surface area contributed by atoms with E-state index in [1.807, 2.05) is 19.1 Å². The summed E-state index contributed by atoms with van der Waals surface area (Å²) in [7, 11) is 0. The minimum Gasteiger partial charge on any atom is -0.340 e. The molecule has 6 nitrogen and oxygen atoms in total. The van der Waals surface area contributed by atoms with E-state index in [1.165, 1.54) is 18.8 Å². The van der Waals surface area contributed by atoms with E-state index in [0.29, 0.717) is 23.0 Å². The van der Waals surface area contributed by atoms with Crippen LogP contribution in [0, 0.1) is 6.92 Å². The van der Waals surface area contributed by atoms with E-state index < -0.39 is 0 Å². The molecule has 148 valence electrons. The number of Topliss-reactive ketones (excluding diaryl/α,β-unsaturated/α-hetero) is 1. The van der Waals surface area contributed by atoms with Gasteiger partial charge in [0.15, 0.2) is 5.78 Å². The number of amides is 1. The maximum Gasteiger partial charge on any atom is 0.274 e. The van der Waals surface area contributed by atoms with Gasteiger partial charge in [-0.15, -0.1) is 0 Å². The maximum atomic E-state index is 12.6. The highest BCUT2D eigenvalue weighted by atomic mass is 16.2. The molecule has 6 heteroatoms. The van der Waals surface area contributed by atoms with E-state index in [4.69, 9.17) is 0 Å². The van der Waals surface area contributed by atoms with Gasteiger partial charge < -0.3 is 10.6 Å². The number of nitrogens with one attached hydrogen (secondary N) is 2. The average molecular weight is 388 g/mol. The number of hydrogen-bond acceptors (Lipinski definition) is 5. The van der Waals surface area contributed by atoms with Gasteiger partial charge in [0.05, 0.1) is 0 Å². The number of ketones is 1. The van der Waals surface area contributed by atoms with Gasteiger partial charge in [-0.1, -0.05) is 44.2 Å². The van der Waals surface area contributed by atoms with E-state index in [-0.39, 0.29) is 17.4 Å². The molecule has 0 saturated carbocycles. The molecule has 0 aliphatic heterocycles. The van der Waals surface area contributed by atoms with Crippen LogP contribution < -0.4 is 10.6 Å². The zero-order chi connectivity index (χ0) is 21.0. The highest BCUT2D eigenvalue weighted by Crippen LogP contribution is 2.29. The second-order valence-corrected chi connectivity index (χ2v) is 7.20. The van der Waals surface area contributed by atoms with Crippen LogP contribution in [0.15, 0.2) is 54.9 Å². The van der Waals surface area contributed by atoms with E-state index in [1.54, 1.807) is 30.3 Å². The molecule has 3 aromatic rings. The van der Waals surface area contributed by atoms with Crippen molar-refractivity contribution in [2.75, 3.05) is 10.6 Å². The third-order valence-corrected chi connectivity index (χ3v) is 4.61. The summed E-state index contributed by atoms with van der Waals surface area (Å²) in [4.78, 5) is 32.5. The largest absolute Gasteiger partial charge is 0.340 e.